The van der Waals surface area contributed by atoms with E-state index in [-0.39, 0.29) is 18.3 Å². The first-order chi connectivity index (χ1) is 9.70. The molecule has 2 rings (SSSR count). The van der Waals surface area contributed by atoms with Gasteiger partial charge in [-0.05, 0) is 25.0 Å². The second-order valence-electron chi connectivity index (χ2n) is 5.11. The summed E-state index contributed by atoms with van der Waals surface area (Å²) in [6, 6.07) is 7.35. The van der Waals surface area contributed by atoms with Crippen LogP contribution in [0.3, 0.4) is 0 Å². The van der Waals surface area contributed by atoms with Crippen molar-refractivity contribution in [2.45, 2.75) is 45.1 Å². The van der Waals surface area contributed by atoms with Crippen LogP contribution in [-0.4, -0.2) is 24.3 Å². The molecule has 1 aromatic rings. The highest BCUT2D eigenvalue weighted by molar-refractivity contribution is 5.98. The van der Waals surface area contributed by atoms with E-state index in [1.165, 1.54) is 12.8 Å². The Bertz CT molecular complexity index is 478. The van der Waals surface area contributed by atoms with Gasteiger partial charge in [0.2, 0.25) is 0 Å². The molecular formula is C16H21NO3. The number of benzene rings is 1. The molecule has 1 aliphatic carbocycles. The fourth-order valence-electron chi connectivity index (χ4n) is 2.50. The summed E-state index contributed by atoms with van der Waals surface area (Å²) in [5, 5.41) is 2.96. The first-order valence-corrected chi connectivity index (χ1v) is 7.25. The van der Waals surface area contributed by atoms with Crippen LogP contribution in [0.15, 0.2) is 24.3 Å². The molecule has 0 unspecified atom stereocenters. The summed E-state index contributed by atoms with van der Waals surface area (Å²) in [6.45, 7) is 1.77. The minimum Gasteiger partial charge on any atom is -0.483 e. The van der Waals surface area contributed by atoms with Gasteiger partial charge in [0, 0.05) is 12.5 Å². The lowest BCUT2D eigenvalue weighted by molar-refractivity contribution is -0.123. The van der Waals surface area contributed by atoms with Crippen molar-refractivity contribution in [3.05, 3.63) is 29.8 Å². The molecule has 4 nitrogen and oxygen atoms in total. The van der Waals surface area contributed by atoms with Gasteiger partial charge >= 0.3 is 0 Å². The molecule has 0 radical (unpaired) electrons. The van der Waals surface area contributed by atoms with Crippen molar-refractivity contribution in [2.75, 3.05) is 6.61 Å². The molecule has 0 spiro atoms. The molecule has 20 heavy (non-hydrogen) atoms. The van der Waals surface area contributed by atoms with Gasteiger partial charge in [-0.15, -0.1) is 0 Å². The normalized spacial score (nSPS) is 15.1. The van der Waals surface area contributed by atoms with Crippen LogP contribution >= 0.6 is 0 Å². The Balaban J connectivity index is 1.89. The van der Waals surface area contributed by atoms with Gasteiger partial charge in [-0.25, -0.2) is 0 Å². The Labute approximate surface area is 119 Å². The molecule has 1 amide bonds. The van der Waals surface area contributed by atoms with Crippen molar-refractivity contribution in [3.63, 3.8) is 0 Å². The van der Waals surface area contributed by atoms with Crippen LogP contribution in [0.25, 0.3) is 0 Å². The third-order valence-electron chi connectivity index (χ3n) is 3.59. The van der Waals surface area contributed by atoms with Gasteiger partial charge in [0.1, 0.15) is 5.75 Å². The standard InChI is InChI=1S/C16H21NO3/c1-2-14(18)13-9-5-6-10-15(13)20-11-16(19)17-12-7-3-4-8-12/h5-6,9-10,12H,2-4,7-8,11H2,1H3,(H,17,19). The summed E-state index contributed by atoms with van der Waals surface area (Å²) < 4.78 is 5.50. The number of amides is 1. The quantitative estimate of drug-likeness (QED) is 0.812. The SMILES string of the molecule is CCC(=O)c1ccccc1OCC(=O)NC1CCCC1. The van der Waals surface area contributed by atoms with Crippen LogP contribution in [0.5, 0.6) is 5.75 Å². The van der Waals surface area contributed by atoms with Gasteiger partial charge in [0.25, 0.3) is 5.91 Å². The number of para-hydroxylation sites is 1. The Morgan fingerprint density at radius 2 is 1.95 bits per heavy atom. The number of Topliss-reactive ketones (excluding diaryl/α,β-unsaturated/α-hetero) is 1. The largest absolute Gasteiger partial charge is 0.483 e. The molecule has 1 aliphatic rings. The van der Waals surface area contributed by atoms with Gasteiger partial charge in [0.05, 0.1) is 5.56 Å². The molecule has 1 aromatic carbocycles. The minimum absolute atomic E-state index is 0.0248. The molecule has 1 N–H and O–H groups in total. The fourth-order valence-corrected chi connectivity index (χ4v) is 2.50. The zero-order valence-electron chi connectivity index (χ0n) is 11.9. The molecule has 0 saturated heterocycles. The van der Waals surface area contributed by atoms with Crippen LogP contribution in [0.4, 0.5) is 0 Å². The molecule has 1 saturated carbocycles. The average Bonchev–Trinajstić information content (AvgIpc) is 2.97. The third kappa shape index (κ3) is 3.83. The summed E-state index contributed by atoms with van der Waals surface area (Å²) in [5.74, 6) is 0.397. The van der Waals surface area contributed by atoms with Gasteiger partial charge in [-0.2, -0.15) is 0 Å². The zero-order valence-corrected chi connectivity index (χ0v) is 11.9. The van der Waals surface area contributed by atoms with Crippen LogP contribution in [-0.2, 0) is 4.79 Å². The number of nitrogens with one attached hydrogen (secondary N) is 1. The molecule has 0 aliphatic heterocycles. The summed E-state index contributed by atoms with van der Waals surface area (Å²) in [6.07, 6.45) is 4.89. The Morgan fingerprint density at radius 3 is 2.65 bits per heavy atom. The summed E-state index contributed by atoms with van der Waals surface area (Å²) in [5.41, 5.74) is 0.545. The molecular weight excluding hydrogens is 254 g/mol. The van der Waals surface area contributed by atoms with Gasteiger partial charge < -0.3 is 10.1 Å². The number of carbonyl (C=O) groups excluding carboxylic acids is 2. The second-order valence-corrected chi connectivity index (χ2v) is 5.11. The topological polar surface area (TPSA) is 55.4 Å². The van der Waals surface area contributed by atoms with Crippen molar-refractivity contribution in [1.82, 2.24) is 5.32 Å². The van der Waals surface area contributed by atoms with E-state index in [1.807, 2.05) is 6.92 Å². The number of hydrogen-bond donors (Lipinski definition) is 1. The molecule has 0 heterocycles. The Morgan fingerprint density at radius 1 is 1.25 bits per heavy atom. The third-order valence-corrected chi connectivity index (χ3v) is 3.59. The van der Waals surface area contributed by atoms with Crippen molar-refractivity contribution in [3.8, 4) is 5.75 Å². The first kappa shape index (κ1) is 14.6. The van der Waals surface area contributed by atoms with E-state index in [0.29, 0.717) is 23.8 Å². The number of ketones is 1. The predicted molar refractivity (Wildman–Crippen MR) is 77.0 cm³/mol. The highest BCUT2D eigenvalue weighted by Crippen LogP contribution is 2.20. The highest BCUT2D eigenvalue weighted by atomic mass is 16.5. The van der Waals surface area contributed by atoms with E-state index < -0.39 is 0 Å². The lowest BCUT2D eigenvalue weighted by Gasteiger charge is -2.13. The molecule has 108 valence electrons. The van der Waals surface area contributed by atoms with Crippen LogP contribution in [0.1, 0.15) is 49.4 Å². The van der Waals surface area contributed by atoms with Gasteiger partial charge in [-0.3, -0.25) is 9.59 Å². The highest BCUT2D eigenvalue weighted by Gasteiger charge is 2.18. The van der Waals surface area contributed by atoms with Crippen LogP contribution in [0.2, 0.25) is 0 Å². The maximum absolute atomic E-state index is 11.8. The van der Waals surface area contributed by atoms with E-state index in [2.05, 4.69) is 5.32 Å². The summed E-state index contributed by atoms with van der Waals surface area (Å²) in [4.78, 5) is 23.6. The smallest absolute Gasteiger partial charge is 0.258 e. The van der Waals surface area contributed by atoms with E-state index >= 15 is 0 Å². The van der Waals surface area contributed by atoms with E-state index in [1.54, 1.807) is 24.3 Å². The molecule has 0 bridgehead atoms. The van der Waals surface area contributed by atoms with Crippen LogP contribution < -0.4 is 10.1 Å². The second kappa shape index (κ2) is 7.08. The average molecular weight is 275 g/mol. The molecule has 0 aromatic heterocycles. The monoisotopic (exact) mass is 275 g/mol. The Kier molecular flexibility index (Phi) is 5.16. The summed E-state index contributed by atoms with van der Waals surface area (Å²) in [7, 11) is 0. The van der Waals surface area contributed by atoms with E-state index in [4.69, 9.17) is 4.74 Å². The number of hydrogen-bond acceptors (Lipinski definition) is 3. The van der Waals surface area contributed by atoms with Crippen molar-refractivity contribution >= 4 is 11.7 Å². The van der Waals surface area contributed by atoms with E-state index in [0.717, 1.165) is 12.8 Å². The number of rotatable bonds is 6. The number of carbonyl (C=O) groups is 2. The van der Waals surface area contributed by atoms with Crippen molar-refractivity contribution in [2.24, 2.45) is 0 Å². The zero-order chi connectivity index (χ0) is 14.4. The lowest BCUT2D eigenvalue weighted by atomic mass is 10.1. The molecule has 4 heteroatoms. The Hall–Kier alpha value is -1.84. The van der Waals surface area contributed by atoms with Gasteiger partial charge in [0.15, 0.2) is 12.4 Å². The lowest BCUT2D eigenvalue weighted by Crippen LogP contribution is -2.36. The van der Waals surface area contributed by atoms with Crippen molar-refractivity contribution < 1.29 is 14.3 Å². The van der Waals surface area contributed by atoms with E-state index in [9.17, 15) is 9.59 Å². The van der Waals surface area contributed by atoms with Crippen LogP contribution in [0, 0.1) is 0 Å². The fraction of sp³-hybridized carbons (Fsp3) is 0.500. The van der Waals surface area contributed by atoms with Crippen molar-refractivity contribution in [1.29, 1.82) is 0 Å². The molecule has 0 atom stereocenters. The summed E-state index contributed by atoms with van der Waals surface area (Å²) >= 11 is 0. The first-order valence-electron chi connectivity index (χ1n) is 7.25. The maximum Gasteiger partial charge on any atom is 0.258 e. The van der Waals surface area contributed by atoms with Gasteiger partial charge in [-0.1, -0.05) is 31.9 Å². The predicted octanol–water partition coefficient (Wildman–Crippen LogP) is 2.72. The molecule has 1 fully saturated rings. The number of ether oxygens (including phenoxy) is 1. The minimum atomic E-state index is -0.115. The maximum atomic E-state index is 11.8.